The van der Waals surface area contributed by atoms with Crippen LogP contribution in [0.3, 0.4) is 0 Å². The Hall–Kier alpha value is -3.59. The van der Waals surface area contributed by atoms with Gasteiger partial charge in [-0.05, 0) is 54.6 Å². The maximum atomic E-state index is 13.6. The van der Waals surface area contributed by atoms with Crippen molar-refractivity contribution in [1.82, 2.24) is 9.78 Å². The van der Waals surface area contributed by atoms with Gasteiger partial charge in [0.05, 0.1) is 47.7 Å². The van der Waals surface area contributed by atoms with Crippen LogP contribution in [0.2, 0.25) is 10.0 Å². The van der Waals surface area contributed by atoms with E-state index < -0.39 is 12.0 Å². The van der Waals surface area contributed by atoms with Gasteiger partial charge in [0.1, 0.15) is 5.82 Å². The third-order valence-electron chi connectivity index (χ3n) is 5.28. The maximum Gasteiger partial charge on any atom is 0.337 e. The minimum Gasteiger partial charge on any atom is -0.465 e. The fraction of sp³-hybridized carbons (Fsp3) is 0.160. The van der Waals surface area contributed by atoms with Crippen LogP contribution in [0, 0.1) is 0 Å². The summed E-state index contributed by atoms with van der Waals surface area (Å²) in [5, 5.41) is 9.12. The number of rotatable bonds is 7. The number of carbonyl (C=O) groups excluding carboxylic acids is 2. The van der Waals surface area contributed by atoms with Gasteiger partial charge >= 0.3 is 12.0 Å². The molecule has 1 heterocycles. The molecule has 0 atom stereocenters. The number of nitrogens with zero attached hydrogens (tertiary/aromatic N) is 3. The third-order valence-corrected chi connectivity index (χ3v) is 5.84. The SMILES string of the molecule is COCCN(C(=O)Nc1ccc(C(=O)OC)cc1Cl)c1c2ccccc2nn1-c1ccc(Cl)cc1. The van der Waals surface area contributed by atoms with Crippen molar-refractivity contribution in [3.63, 3.8) is 0 Å². The van der Waals surface area contributed by atoms with E-state index >= 15 is 0 Å². The Labute approximate surface area is 211 Å². The topological polar surface area (TPSA) is 85.7 Å². The maximum absolute atomic E-state index is 13.6. The van der Waals surface area contributed by atoms with Gasteiger partial charge < -0.3 is 14.8 Å². The van der Waals surface area contributed by atoms with E-state index in [9.17, 15) is 9.59 Å². The van der Waals surface area contributed by atoms with Crippen LogP contribution in [0.15, 0.2) is 66.7 Å². The van der Waals surface area contributed by atoms with E-state index in [0.717, 1.165) is 11.1 Å². The van der Waals surface area contributed by atoms with E-state index in [-0.39, 0.29) is 23.7 Å². The van der Waals surface area contributed by atoms with Gasteiger partial charge in [-0.1, -0.05) is 35.3 Å². The van der Waals surface area contributed by atoms with Crippen molar-refractivity contribution in [2.45, 2.75) is 0 Å². The molecular weight excluding hydrogens is 491 g/mol. The van der Waals surface area contributed by atoms with Crippen LogP contribution in [0.5, 0.6) is 0 Å². The fourth-order valence-electron chi connectivity index (χ4n) is 3.57. The van der Waals surface area contributed by atoms with E-state index in [1.54, 1.807) is 30.0 Å². The molecule has 0 aliphatic heterocycles. The second-order valence-electron chi connectivity index (χ2n) is 7.49. The Morgan fingerprint density at radius 3 is 2.46 bits per heavy atom. The molecule has 0 radical (unpaired) electrons. The molecule has 1 N–H and O–H groups in total. The molecule has 0 saturated carbocycles. The summed E-state index contributed by atoms with van der Waals surface area (Å²) in [5.41, 5.74) is 2.07. The number of nitrogens with one attached hydrogen (secondary N) is 1. The molecule has 0 spiro atoms. The number of anilines is 2. The average Bonchev–Trinajstić information content (AvgIpc) is 3.25. The molecule has 180 valence electrons. The first-order valence-corrected chi connectivity index (χ1v) is 11.4. The lowest BCUT2D eigenvalue weighted by Gasteiger charge is -2.24. The molecule has 35 heavy (non-hydrogen) atoms. The number of methoxy groups -OCH3 is 2. The number of hydrogen-bond donors (Lipinski definition) is 1. The molecule has 0 aliphatic rings. The number of urea groups is 1. The van der Waals surface area contributed by atoms with E-state index in [1.807, 2.05) is 36.4 Å². The summed E-state index contributed by atoms with van der Waals surface area (Å²) in [4.78, 5) is 26.9. The van der Waals surface area contributed by atoms with Crippen molar-refractivity contribution >= 4 is 57.6 Å². The van der Waals surface area contributed by atoms with Crippen LogP contribution in [-0.2, 0) is 9.47 Å². The first-order valence-electron chi connectivity index (χ1n) is 10.6. The minimum atomic E-state index is -0.523. The summed E-state index contributed by atoms with van der Waals surface area (Å²) < 4.78 is 11.7. The highest BCUT2D eigenvalue weighted by atomic mass is 35.5. The van der Waals surface area contributed by atoms with Crippen LogP contribution < -0.4 is 10.2 Å². The molecule has 0 bridgehead atoms. The highest BCUT2D eigenvalue weighted by Crippen LogP contribution is 2.31. The largest absolute Gasteiger partial charge is 0.465 e. The highest BCUT2D eigenvalue weighted by molar-refractivity contribution is 6.34. The third kappa shape index (κ3) is 5.24. The molecule has 0 unspecified atom stereocenters. The molecule has 1 aromatic heterocycles. The molecule has 10 heteroatoms. The summed E-state index contributed by atoms with van der Waals surface area (Å²) in [7, 11) is 2.85. The first kappa shape index (κ1) is 24.5. The summed E-state index contributed by atoms with van der Waals surface area (Å²) in [6.45, 7) is 0.520. The molecule has 4 rings (SSSR count). The Balaban J connectivity index is 1.77. The first-order chi connectivity index (χ1) is 16.9. The van der Waals surface area contributed by atoms with Crippen LogP contribution in [0.25, 0.3) is 16.6 Å². The lowest BCUT2D eigenvalue weighted by molar-refractivity contribution is 0.0600. The van der Waals surface area contributed by atoms with Gasteiger partial charge in [0.15, 0.2) is 0 Å². The molecule has 8 nitrogen and oxygen atoms in total. The number of esters is 1. The van der Waals surface area contributed by atoms with Crippen LogP contribution in [0.1, 0.15) is 10.4 Å². The molecule has 2 amide bonds. The zero-order chi connectivity index (χ0) is 24.9. The number of carbonyl (C=O) groups is 2. The zero-order valence-electron chi connectivity index (χ0n) is 19.0. The normalized spacial score (nSPS) is 10.9. The predicted molar refractivity (Wildman–Crippen MR) is 137 cm³/mol. The number of amides is 2. The van der Waals surface area contributed by atoms with Crippen molar-refractivity contribution in [3.05, 3.63) is 82.3 Å². The quantitative estimate of drug-likeness (QED) is 0.316. The molecule has 0 aliphatic carbocycles. The Morgan fingerprint density at radius 2 is 1.77 bits per heavy atom. The van der Waals surface area contributed by atoms with E-state index in [2.05, 4.69) is 5.32 Å². The number of benzene rings is 3. The summed E-state index contributed by atoms with van der Waals surface area (Å²) in [6, 6.07) is 18.8. The number of hydrogen-bond acceptors (Lipinski definition) is 5. The van der Waals surface area contributed by atoms with Crippen LogP contribution in [-0.4, -0.2) is 49.2 Å². The second kappa shape index (κ2) is 10.8. The van der Waals surface area contributed by atoms with E-state index in [4.69, 9.17) is 37.8 Å². The zero-order valence-corrected chi connectivity index (χ0v) is 20.5. The predicted octanol–water partition coefficient (Wildman–Crippen LogP) is 5.80. The van der Waals surface area contributed by atoms with Crippen molar-refractivity contribution in [1.29, 1.82) is 0 Å². The monoisotopic (exact) mass is 512 g/mol. The van der Waals surface area contributed by atoms with Crippen molar-refractivity contribution in [3.8, 4) is 5.69 Å². The van der Waals surface area contributed by atoms with Gasteiger partial charge in [-0.2, -0.15) is 5.10 Å². The molecule has 3 aromatic carbocycles. The Morgan fingerprint density at radius 1 is 1.03 bits per heavy atom. The second-order valence-corrected chi connectivity index (χ2v) is 8.33. The molecule has 0 saturated heterocycles. The smallest absolute Gasteiger partial charge is 0.337 e. The number of aromatic nitrogens is 2. The van der Waals surface area contributed by atoms with Gasteiger partial charge in [-0.3, -0.25) is 4.90 Å². The van der Waals surface area contributed by atoms with E-state index in [0.29, 0.717) is 22.0 Å². The van der Waals surface area contributed by atoms with Crippen molar-refractivity contribution < 1.29 is 19.1 Å². The fourth-order valence-corrected chi connectivity index (χ4v) is 3.93. The summed E-state index contributed by atoms with van der Waals surface area (Å²) in [5.74, 6) is 0.0320. The minimum absolute atomic E-state index is 0.198. The number of ether oxygens (including phenoxy) is 2. The molecule has 4 aromatic rings. The van der Waals surface area contributed by atoms with Gasteiger partial charge in [0.25, 0.3) is 0 Å². The summed E-state index contributed by atoms with van der Waals surface area (Å²) in [6.07, 6.45) is 0. The lowest BCUT2D eigenvalue weighted by atomic mass is 10.2. The van der Waals surface area contributed by atoms with Crippen molar-refractivity contribution in [2.75, 3.05) is 37.6 Å². The van der Waals surface area contributed by atoms with E-state index in [1.165, 1.54) is 24.1 Å². The number of halogens is 2. The highest BCUT2D eigenvalue weighted by Gasteiger charge is 2.25. The standard InChI is InChI=1S/C25H22Cl2N4O4/c1-34-14-13-30(25(33)28-22-12-7-16(15-20(22)27)24(32)35-2)23-19-5-3-4-6-21(19)29-31(23)18-10-8-17(26)9-11-18/h3-12,15H,13-14H2,1-2H3,(H,28,33). The van der Waals surface area contributed by atoms with Gasteiger partial charge in [-0.15, -0.1) is 0 Å². The molecular formula is C25H22Cl2N4O4. The van der Waals surface area contributed by atoms with Gasteiger partial charge in [0.2, 0.25) is 0 Å². The van der Waals surface area contributed by atoms with Gasteiger partial charge in [-0.25, -0.2) is 14.3 Å². The average molecular weight is 513 g/mol. The Bertz CT molecular complexity index is 1370. The summed E-state index contributed by atoms with van der Waals surface area (Å²) >= 11 is 12.4. The Kier molecular flexibility index (Phi) is 7.55. The van der Waals surface area contributed by atoms with Crippen molar-refractivity contribution in [2.24, 2.45) is 0 Å². The van der Waals surface area contributed by atoms with Gasteiger partial charge in [0, 0.05) is 17.5 Å². The number of fused-ring (bicyclic) bond motifs is 1. The van der Waals surface area contributed by atoms with Crippen LogP contribution >= 0.6 is 23.2 Å². The lowest BCUT2D eigenvalue weighted by Crippen LogP contribution is -2.39. The van der Waals surface area contributed by atoms with Crippen LogP contribution in [0.4, 0.5) is 16.3 Å². The molecule has 0 fully saturated rings.